The maximum atomic E-state index is 11.2. The van der Waals surface area contributed by atoms with Crippen molar-refractivity contribution in [2.75, 3.05) is 30.3 Å². The van der Waals surface area contributed by atoms with Gasteiger partial charge >= 0.3 is 0 Å². The SMILES string of the molecule is CCCOc1ncnc(N2CCC(C(N)=O)CC2)c1N. The van der Waals surface area contributed by atoms with Gasteiger partial charge in [-0.2, -0.15) is 4.98 Å². The molecule has 0 atom stereocenters. The predicted octanol–water partition coefficient (Wildman–Crippen LogP) is 0.549. The summed E-state index contributed by atoms with van der Waals surface area (Å²) in [4.78, 5) is 21.5. The number of anilines is 2. The molecule has 0 radical (unpaired) electrons. The maximum absolute atomic E-state index is 11.2. The highest BCUT2D eigenvalue weighted by Crippen LogP contribution is 2.30. The van der Waals surface area contributed by atoms with Crippen molar-refractivity contribution in [1.29, 1.82) is 0 Å². The second kappa shape index (κ2) is 6.40. The first-order valence-electron chi connectivity index (χ1n) is 6.91. The van der Waals surface area contributed by atoms with Crippen molar-refractivity contribution in [2.45, 2.75) is 26.2 Å². The molecule has 1 saturated heterocycles. The van der Waals surface area contributed by atoms with Crippen molar-refractivity contribution in [3.05, 3.63) is 6.33 Å². The van der Waals surface area contributed by atoms with Crippen LogP contribution in [0.1, 0.15) is 26.2 Å². The minimum absolute atomic E-state index is 0.0508. The van der Waals surface area contributed by atoms with Gasteiger partial charge in [-0.25, -0.2) is 4.98 Å². The number of carbonyl (C=O) groups excluding carboxylic acids is 1. The molecule has 0 saturated carbocycles. The Morgan fingerprint density at radius 2 is 2.15 bits per heavy atom. The van der Waals surface area contributed by atoms with Crippen LogP contribution in [-0.4, -0.2) is 35.6 Å². The Bertz CT molecular complexity index is 472. The van der Waals surface area contributed by atoms with Gasteiger partial charge in [0.1, 0.15) is 12.0 Å². The minimum atomic E-state index is -0.229. The number of piperidine rings is 1. The summed E-state index contributed by atoms with van der Waals surface area (Å²) >= 11 is 0. The average molecular weight is 279 g/mol. The summed E-state index contributed by atoms with van der Waals surface area (Å²) in [5.41, 5.74) is 11.9. The Hall–Kier alpha value is -2.05. The van der Waals surface area contributed by atoms with Crippen LogP contribution < -0.4 is 21.1 Å². The quantitative estimate of drug-likeness (QED) is 0.815. The normalized spacial score (nSPS) is 16.1. The number of carbonyl (C=O) groups is 1. The van der Waals surface area contributed by atoms with Crippen LogP contribution in [0.25, 0.3) is 0 Å². The van der Waals surface area contributed by atoms with Gasteiger partial charge in [0.2, 0.25) is 11.8 Å². The molecule has 1 amide bonds. The summed E-state index contributed by atoms with van der Waals surface area (Å²) < 4.78 is 5.50. The number of primary amides is 1. The van der Waals surface area contributed by atoms with E-state index >= 15 is 0 Å². The third-order valence-electron chi connectivity index (χ3n) is 3.47. The molecular weight excluding hydrogens is 258 g/mol. The van der Waals surface area contributed by atoms with E-state index in [2.05, 4.69) is 14.9 Å². The standard InChI is InChI=1S/C13H21N5O2/c1-2-7-20-13-10(14)12(16-8-17-13)18-5-3-9(4-6-18)11(15)19/h8-9H,2-7,14H2,1H3,(H2,15,19). The van der Waals surface area contributed by atoms with Crippen LogP contribution in [-0.2, 0) is 4.79 Å². The van der Waals surface area contributed by atoms with E-state index in [9.17, 15) is 4.79 Å². The van der Waals surface area contributed by atoms with E-state index in [-0.39, 0.29) is 11.8 Å². The Morgan fingerprint density at radius 3 is 2.75 bits per heavy atom. The summed E-state index contributed by atoms with van der Waals surface area (Å²) in [6.45, 7) is 4.02. The highest BCUT2D eigenvalue weighted by molar-refractivity contribution is 5.77. The fraction of sp³-hybridized carbons (Fsp3) is 0.615. The molecule has 1 aliphatic heterocycles. The fourth-order valence-corrected chi connectivity index (χ4v) is 2.31. The summed E-state index contributed by atoms with van der Waals surface area (Å²) in [7, 11) is 0. The topological polar surface area (TPSA) is 107 Å². The molecule has 0 aromatic carbocycles. The van der Waals surface area contributed by atoms with Crippen molar-refractivity contribution in [1.82, 2.24) is 9.97 Å². The van der Waals surface area contributed by atoms with E-state index in [1.165, 1.54) is 6.33 Å². The van der Waals surface area contributed by atoms with Gasteiger partial charge in [-0.15, -0.1) is 0 Å². The monoisotopic (exact) mass is 279 g/mol. The van der Waals surface area contributed by atoms with E-state index < -0.39 is 0 Å². The highest BCUT2D eigenvalue weighted by Gasteiger charge is 2.25. The molecule has 2 rings (SSSR count). The molecule has 1 aromatic rings. The average Bonchev–Trinajstić information content (AvgIpc) is 2.46. The lowest BCUT2D eigenvalue weighted by atomic mass is 9.96. The summed E-state index contributed by atoms with van der Waals surface area (Å²) in [6.07, 6.45) is 3.80. The summed E-state index contributed by atoms with van der Waals surface area (Å²) in [6, 6.07) is 0. The number of rotatable bonds is 5. The number of nitrogens with two attached hydrogens (primary N) is 2. The van der Waals surface area contributed by atoms with Gasteiger partial charge in [-0.1, -0.05) is 6.92 Å². The number of ether oxygens (including phenoxy) is 1. The molecule has 7 heteroatoms. The Kier molecular flexibility index (Phi) is 4.60. The van der Waals surface area contributed by atoms with Crippen LogP contribution in [0, 0.1) is 5.92 Å². The molecule has 4 N–H and O–H groups in total. The zero-order valence-corrected chi connectivity index (χ0v) is 11.7. The zero-order valence-electron chi connectivity index (χ0n) is 11.7. The molecule has 20 heavy (non-hydrogen) atoms. The third-order valence-corrected chi connectivity index (χ3v) is 3.47. The largest absolute Gasteiger partial charge is 0.476 e. The first-order valence-corrected chi connectivity index (χ1v) is 6.91. The number of nitrogens with zero attached hydrogens (tertiary/aromatic N) is 3. The minimum Gasteiger partial charge on any atom is -0.476 e. The first-order chi connectivity index (χ1) is 9.63. The smallest absolute Gasteiger partial charge is 0.242 e. The van der Waals surface area contributed by atoms with Crippen molar-refractivity contribution in [3.63, 3.8) is 0 Å². The van der Waals surface area contributed by atoms with Crippen LogP contribution in [0.4, 0.5) is 11.5 Å². The molecular formula is C13H21N5O2. The molecule has 0 bridgehead atoms. The fourth-order valence-electron chi connectivity index (χ4n) is 2.31. The summed E-state index contributed by atoms with van der Waals surface area (Å²) in [5.74, 6) is 0.820. The molecule has 0 aliphatic carbocycles. The van der Waals surface area contributed by atoms with Crippen LogP contribution in [0.15, 0.2) is 6.33 Å². The van der Waals surface area contributed by atoms with Crippen molar-refractivity contribution in [2.24, 2.45) is 11.7 Å². The first kappa shape index (κ1) is 14.4. The van der Waals surface area contributed by atoms with Gasteiger partial charge in [-0.05, 0) is 19.3 Å². The third kappa shape index (κ3) is 3.09. The Morgan fingerprint density at radius 1 is 1.45 bits per heavy atom. The molecule has 2 heterocycles. The molecule has 1 aromatic heterocycles. The predicted molar refractivity (Wildman–Crippen MR) is 76.4 cm³/mol. The van der Waals surface area contributed by atoms with Gasteiger partial charge < -0.3 is 21.1 Å². The number of hydrogen-bond donors (Lipinski definition) is 2. The lowest BCUT2D eigenvalue weighted by Crippen LogP contribution is -2.39. The van der Waals surface area contributed by atoms with E-state index in [0.29, 0.717) is 37.1 Å². The van der Waals surface area contributed by atoms with Crippen LogP contribution in [0.5, 0.6) is 5.88 Å². The number of nitrogen functional groups attached to an aromatic ring is 1. The van der Waals surface area contributed by atoms with Crippen LogP contribution in [0.2, 0.25) is 0 Å². The number of hydrogen-bond acceptors (Lipinski definition) is 6. The highest BCUT2D eigenvalue weighted by atomic mass is 16.5. The molecule has 7 nitrogen and oxygen atoms in total. The van der Waals surface area contributed by atoms with Crippen molar-refractivity contribution < 1.29 is 9.53 Å². The molecule has 110 valence electrons. The molecule has 0 unspecified atom stereocenters. The van der Waals surface area contributed by atoms with E-state index in [1.54, 1.807) is 0 Å². The van der Waals surface area contributed by atoms with Crippen molar-refractivity contribution >= 4 is 17.4 Å². The van der Waals surface area contributed by atoms with E-state index in [1.807, 2.05) is 6.92 Å². The van der Waals surface area contributed by atoms with Crippen molar-refractivity contribution in [3.8, 4) is 5.88 Å². The van der Waals surface area contributed by atoms with Gasteiger partial charge in [-0.3, -0.25) is 4.79 Å². The van der Waals surface area contributed by atoms with Gasteiger partial charge in [0, 0.05) is 19.0 Å². The Balaban J connectivity index is 2.08. The van der Waals surface area contributed by atoms with E-state index in [0.717, 1.165) is 19.3 Å². The van der Waals surface area contributed by atoms with Crippen LogP contribution >= 0.6 is 0 Å². The molecule has 1 aliphatic rings. The molecule has 0 spiro atoms. The second-order valence-electron chi connectivity index (χ2n) is 4.93. The van der Waals surface area contributed by atoms with Gasteiger partial charge in [0.25, 0.3) is 0 Å². The lowest BCUT2D eigenvalue weighted by Gasteiger charge is -2.32. The second-order valence-corrected chi connectivity index (χ2v) is 4.93. The van der Waals surface area contributed by atoms with Crippen LogP contribution in [0.3, 0.4) is 0 Å². The lowest BCUT2D eigenvalue weighted by molar-refractivity contribution is -0.122. The zero-order chi connectivity index (χ0) is 14.5. The van der Waals surface area contributed by atoms with E-state index in [4.69, 9.17) is 16.2 Å². The van der Waals surface area contributed by atoms with Gasteiger partial charge in [0.15, 0.2) is 5.82 Å². The number of aromatic nitrogens is 2. The summed E-state index contributed by atoms with van der Waals surface area (Å²) in [5, 5.41) is 0. The Labute approximate surface area is 118 Å². The maximum Gasteiger partial charge on any atom is 0.242 e. The number of amides is 1. The molecule has 1 fully saturated rings. The van der Waals surface area contributed by atoms with Gasteiger partial charge in [0.05, 0.1) is 6.61 Å².